The van der Waals surface area contributed by atoms with E-state index in [1.54, 1.807) is 26.2 Å². The molecule has 1 amide bonds. The highest BCUT2D eigenvalue weighted by atomic mass is 79.9. The summed E-state index contributed by atoms with van der Waals surface area (Å²) in [5.41, 5.74) is 0.646. The third kappa shape index (κ3) is 3.11. The SMILES string of the molecule is CCOc1cc(/C=C2\SC(=NC)N(C)C2=O)c(Br)c(Cl)c1O. The van der Waals surface area contributed by atoms with Crippen molar-refractivity contribution in [3.63, 3.8) is 0 Å². The molecule has 118 valence electrons. The summed E-state index contributed by atoms with van der Waals surface area (Å²) in [6.45, 7) is 2.20. The van der Waals surface area contributed by atoms with Gasteiger partial charge in [0, 0.05) is 18.6 Å². The van der Waals surface area contributed by atoms with E-state index >= 15 is 0 Å². The number of thioether (sulfide) groups is 1. The van der Waals surface area contributed by atoms with Crippen LogP contribution in [0.5, 0.6) is 11.5 Å². The topological polar surface area (TPSA) is 62.1 Å². The first-order valence-electron chi connectivity index (χ1n) is 6.38. The number of aromatic hydroxyl groups is 1. The number of rotatable bonds is 3. The molecule has 0 unspecified atom stereocenters. The molecule has 0 bridgehead atoms. The van der Waals surface area contributed by atoms with Crippen LogP contribution in [0.2, 0.25) is 5.02 Å². The predicted octanol–water partition coefficient (Wildman–Crippen LogP) is 3.74. The molecule has 0 atom stereocenters. The predicted molar refractivity (Wildman–Crippen MR) is 93.7 cm³/mol. The number of amidine groups is 1. The van der Waals surface area contributed by atoms with Crippen LogP contribution < -0.4 is 4.74 Å². The second-order valence-electron chi connectivity index (χ2n) is 4.35. The number of nitrogens with zero attached hydrogens (tertiary/aromatic N) is 2. The summed E-state index contributed by atoms with van der Waals surface area (Å²) >= 11 is 10.7. The Hall–Kier alpha value is -1.18. The van der Waals surface area contributed by atoms with Crippen molar-refractivity contribution in [2.24, 2.45) is 4.99 Å². The number of likely N-dealkylation sites (N-methyl/N-ethyl adjacent to an activating group) is 1. The van der Waals surface area contributed by atoms with Gasteiger partial charge >= 0.3 is 0 Å². The van der Waals surface area contributed by atoms with Crippen molar-refractivity contribution in [1.29, 1.82) is 0 Å². The van der Waals surface area contributed by atoms with Crippen molar-refractivity contribution in [3.05, 3.63) is 26.0 Å². The minimum Gasteiger partial charge on any atom is -0.503 e. The Morgan fingerprint density at radius 3 is 2.82 bits per heavy atom. The summed E-state index contributed by atoms with van der Waals surface area (Å²) in [7, 11) is 3.30. The molecular weight excluding hydrogens is 392 g/mol. The summed E-state index contributed by atoms with van der Waals surface area (Å²) in [5.74, 6) is 0.00580. The van der Waals surface area contributed by atoms with Gasteiger partial charge in [0.2, 0.25) is 0 Å². The molecule has 0 spiro atoms. The van der Waals surface area contributed by atoms with Gasteiger partial charge in [0.15, 0.2) is 16.7 Å². The largest absolute Gasteiger partial charge is 0.503 e. The third-order valence-corrected chi connectivity index (χ3v) is 5.56. The van der Waals surface area contributed by atoms with Gasteiger partial charge in [-0.3, -0.25) is 14.7 Å². The van der Waals surface area contributed by atoms with Gasteiger partial charge < -0.3 is 9.84 Å². The summed E-state index contributed by atoms with van der Waals surface area (Å²) in [5, 5.41) is 10.7. The zero-order valence-electron chi connectivity index (χ0n) is 12.2. The van der Waals surface area contributed by atoms with Crippen LogP contribution in [0.15, 0.2) is 20.4 Å². The van der Waals surface area contributed by atoms with Gasteiger partial charge in [-0.2, -0.15) is 0 Å². The minimum absolute atomic E-state index is 0.129. The number of phenolic OH excluding ortho intramolecular Hbond substituents is 1. The average molecular weight is 406 g/mol. The van der Waals surface area contributed by atoms with Crippen molar-refractivity contribution >= 4 is 56.4 Å². The summed E-state index contributed by atoms with van der Waals surface area (Å²) in [4.78, 5) is 18.2. The van der Waals surface area contributed by atoms with E-state index < -0.39 is 0 Å². The molecule has 1 aromatic carbocycles. The third-order valence-electron chi connectivity index (χ3n) is 2.96. The highest BCUT2D eigenvalue weighted by molar-refractivity contribution is 9.10. The quantitative estimate of drug-likeness (QED) is 0.778. The molecule has 0 radical (unpaired) electrons. The highest BCUT2D eigenvalue weighted by Crippen LogP contribution is 2.43. The number of amides is 1. The van der Waals surface area contributed by atoms with Crippen LogP contribution in [0.1, 0.15) is 12.5 Å². The normalized spacial score (nSPS) is 18.6. The molecule has 5 nitrogen and oxygen atoms in total. The first-order valence-corrected chi connectivity index (χ1v) is 8.37. The van der Waals surface area contributed by atoms with Crippen LogP contribution in [0.4, 0.5) is 0 Å². The lowest BCUT2D eigenvalue weighted by atomic mass is 10.2. The summed E-state index contributed by atoms with van der Waals surface area (Å²) < 4.78 is 5.86. The van der Waals surface area contributed by atoms with Gasteiger partial charge in [-0.15, -0.1) is 0 Å². The molecule has 1 saturated heterocycles. The molecule has 0 aromatic heterocycles. The molecule has 8 heteroatoms. The van der Waals surface area contributed by atoms with Gasteiger partial charge in [0.05, 0.1) is 11.5 Å². The molecule has 1 fully saturated rings. The van der Waals surface area contributed by atoms with E-state index in [1.807, 2.05) is 6.92 Å². The summed E-state index contributed by atoms with van der Waals surface area (Å²) in [6, 6.07) is 1.64. The number of carbonyl (C=O) groups is 1. The monoisotopic (exact) mass is 404 g/mol. The molecular formula is C14H14BrClN2O3S. The number of carbonyl (C=O) groups excluding carboxylic acids is 1. The molecule has 1 aromatic rings. The van der Waals surface area contributed by atoms with Crippen LogP contribution in [0.25, 0.3) is 6.08 Å². The highest BCUT2D eigenvalue weighted by Gasteiger charge is 2.30. The smallest absolute Gasteiger partial charge is 0.266 e. The lowest BCUT2D eigenvalue weighted by Crippen LogP contribution is -2.23. The molecule has 2 rings (SSSR count). The standard InChI is InChI=1S/C14H14BrClN2O3S/c1-4-21-8-5-7(10(15)11(16)12(8)19)6-9-13(20)18(3)14(17-2)22-9/h5-6,19H,4H2,1-3H3/b9-6-,17-14?. The molecule has 0 saturated carbocycles. The van der Waals surface area contributed by atoms with Crippen molar-refractivity contribution in [2.45, 2.75) is 6.92 Å². The van der Waals surface area contributed by atoms with Crippen molar-refractivity contribution in [2.75, 3.05) is 20.7 Å². The average Bonchev–Trinajstić information content (AvgIpc) is 2.77. The van der Waals surface area contributed by atoms with Crippen molar-refractivity contribution in [1.82, 2.24) is 4.90 Å². The second-order valence-corrected chi connectivity index (χ2v) is 6.53. The maximum absolute atomic E-state index is 12.2. The van der Waals surface area contributed by atoms with Crippen LogP contribution in [0, 0.1) is 0 Å². The Kier molecular flexibility index (Phi) is 5.41. The van der Waals surface area contributed by atoms with Crippen LogP contribution in [0.3, 0.4) is 0 Å². The van der Waals surface area contributed by atoms with E-state index in [0.717, 1.165) is 0 Å². The van der Waals surface area contributed by atoms with Gasteiger partial charge in [-0.1, -0.05) is 11.6 Å². The van der Waals surface area contributed by atoms with E-state index in [1.165, 1.54) is 16.7 Å². The molecule has 1 aliphatic heterocycles. The fourth-order valence-electron chi connectivity index (χ4n) is 1.87. The molecule has 0 aliphatic carbocycles. The lowest BCUT2D eigenvalue weighted by Gasteiger charge is -2.11. The Bertz CT molecular complexity index is 691. The Balaban J connectivity index is 2.50. The second kappa shape index (κ2) is 6.93. The Morgan fingerprint density at radius 1 is 1.59 bits per heavy atom. The number of benzene rings is 1. The number of hydrogen-bond donors (Lipinski definition) is 1. The molecule has 1 heterocycles. The van der Waals surface area contributed by atoms with Crippen molar-refractivity contribution in [3.8, 4) is 11.5 Å². The Labute approximate surface area is 146 Å². The fraction of sp³-hybridized carbons (Fsp3) is 0.286. The fourth-order valence-corrected chi connectivity index (χ4v) is 3.41. The van der Waals surface area contributed by atoms with E-state index in [0.29, 0.717) is 26.7 Å². The number of ether oxygens (including phenoxy) is 1. The maximum atomic E-state index is 12.2. The summed E-state index contributed by atoms with van der Waals surface area (Å²) in [6.07, 6.45) is 1.69. The molecule has 22 heavy (non-hydrogen) atoms. The van der Waals surface area contributed by atoms with Crippen LogP contribution in [-0.4, -0.2) is 41.8 Å². The van der Waals surface area contributed by atoms with E-state index in [2.05, 4.69) is 20.9 Å². The lowest BCUT2D eigenvalue weighted by molar-refractivity contribution is -0.121. The van der Waals surface area contributed by atoms with E-state index in [-0.39, 0.29) is 22.4 Å². The molecule has 1 N–H and O–H groups in total. The van der Waals surface area contributed by atoms with Crippen LogP contribution >= 0.6 is 39.3 Å². The zero-order chi connectivity index (χ0) is 16.4. The van der Waals surface area contributed by atoms with Gasteiger partial charge in [-0.25, -0.2) is 0 Å². The number of hydrogen-bond acceptors (Lipinski definition) is 5. The van der Waals surface area contributed by atoms with E-state index in [9.17, 15) is 9.90 Å². The first kappa shape index (κ1) is 17.2. The van der Waals surface area contributed by atoms with Gasteiger partial charge in [-0.05, 0) is 52.3 Å². The minimum atomic E-state index is -0.139. The number of halogens is 2. The van der Waals surface area contributed by atoms with Crippen molar-refractivity contribution < 1.29 is 14.6 Å². The number of aliphatic imine (C=N–C) groups is 1. The zero-order valence-corrected chi connectivity index (χ0v) is 15.3. The van der Waals surface area contributed by atoms with Gasteiger partial charge in [0.1, 0.15) is 5.02 Å². The van der Waals surface area contributed by atoms with Crippen LogP contribution in [-0.2, 0) is 4.79 Å². The Morgan fingerprint density at radius 2 is 2.27 bits per heavy atom. The maximum Gasteiger partial charge on any atom is 0.266 e. The molecule has 1 aliphatic rings. The first-order chi connectivity index (χ1) is 10.4. The number of phenols is 1. The van der Waals surface area contributed by atoms with E-state index in [4.69, 9.17) is 16.3 Å². The van der Waals surface area contributed by atoms with Gasteiger partial charge in [0.25, 0.3) is 5.91 Å².